The zero-order chi connectivity index (χ0) is 23.3. The number of aliphatic hydroxyl groups is 1. The lowest BCUT2D eigenvalue weighted by atomic mass is 10.3. The zero-order valence-corrected chi connectivity index (χ0v) is 19.6. The highest BCUT2D eigenvalue weighted by Gasteiger charge is 2.15. The molecule has 9 nitrogen and oxygen atoms in total. The van der Waals surface area contributed by atoms with Crippen molar-refractivity contribution < 1.29 is 33.7 Å². The van der Waals surface area contributed by atoms with Gasteiger partial charge in [-0.25, -0.2) is 0 Å². The van der Waals surface area contributed by atoms with Crippen molar-refractivity contribution in [3.8, 4) is 0 Å². The summed E-state index contributed by atoms with van der Waals surface area (Å²) in [5.41, 5.74) is 0. The van der Waals surface area contributed by atoms with Crippen LogP contribution < -0.4 is 0 Å². The van der Waals surface area contributed by atoms with Gasteiger partial charge in [0.2, 0.25) is 0 Å². The lowest BCUT2D eigenvalue weighted by Crippen LogP contribution is -2.39. The van der Waals surface area contributed by atoms with Crippen molar-refractivity contribution in [2.75, 3.05) is 65.7 Å². The molecule has 0 bridgehead atoms. The van der Waals surface area contributed by atoms with E-state index in [9.17, 15) is 19.5 Å². The number of aliphatic hydroxyl groups excluding tert-OH is 1. The number of carbonyl (C=O) groups is 3. The fraction of sp³-hybridized carbons (Fsp3) is 0.864. The van der Waals surface area contributed by atoms with Gasteiger partial charge in [-0.3, -0.25) is 19.3 Å². The van der Waals surface area contributed by atoms with Crippen LogP contribution in [0, 0.1) is 0 Å². The first-order valence-corrected chi connectivity index (χ1v) is 11.5. The summed E-state index contributed by atoms with van der Waals surface area (Å²) < 4.78 is 15.4. The van der Waals surface area contributed by atoms with Gasteiger partial charge in [-0.15, -0.1) is 0 Å². The van der Waals surface area contributed by atoms with Crippen molar-refractivity contribution in [1.82, 2.24) is 9.80 Å². The fourth-order valence-electron chi connectivity index (χ4n) is 2.71. The van der Waals surface area contributed by atoms with Crippen molar-refractivity contribution in [2.24, 2.45) is 0 Å². The summed E-state index contributed by atoms with van der Waals surface area (Å²) in [5, 5.41) is 9.33. The highest BCUT2D eigenvalue weighted by atomic mass is 16.5. The third-order valence-electron chi connectivity index (χ3n) is 4.45. The van der Waals surface area contributed by atoms with Gasteiger partial charge in [-0.1, -0.05) is 20.8 Å². The molecule has 0 rings (SSSR count). The van der Waals surface area contributed by atoms with Crippen LogP contribution in [0.2, 0.25) is 0 Å². The molecular formula is C22H42N2O7. The van der Waals surface area contributed by atoms with Crippen LogP contribution in [0.5, 0.6) is 0 Å². The number of hydrogen-bond acceptors (Lipinski definition) is 9. The van der Waals surface area contributed by atoms with E-state index in [0.717, 1.165) is 19.3 Å². The quantitative estimate of drug-likeness (QED) is 0.220. The Hall–Kier alpha value is -1.71. The van der Waals surface area contributed by atoms with Gasteiger partial charge in [0.1, 0.15) is 0 Å². The van der Waals surface area contributed by atoms with Gasteiger partial charge in [-0.05, 0) is 19.3 Å². The molecule has 0 spiro atoms. The standard InChI is InChI=1S/C22H42N2O7/c1-4-17-29-20(26)7-10-23(11-8-21(27)30-18-5-2)13-14-24(15-16-25)12-9-22(28)31-19-6-3/h25H,4-19H2,1-3H3. The zero-order valence-electron chi connectivity index (χ0n) is 19.6. The second-order valence-corrected chi connectivity index (χ2v) is 7.32. The molecule has 0 unspecified atom stereocenters. The van der Waals surface area contributed by atoms with Gasteiger partial charge in [0.15, 0.2) is 0 Å². The van der Waals surface area contributed by atoms with Crippen LogP contribution >= 0.6 is 0 Å². The Balaban J connectivity index is 4.65. The molecule has 0 amide bonds. The molecule has 0 radical (unpaired) electrons. The molecule has 9 heteroatoms. The minimum Gasteiger partial charge on any atom is -0.466 e. The number of rotatable bonds is 20. The Bertz CT molecular complexity index is 464. The lowest BCUT2D eigenvalue weighted by molar-refractivity contribution is -0.145. The summed E-state index contributed by atoms with van der Waals surface area (Å²) >= 11 is 0. The van der Waals surface area contributed by atoms with Crippen molar-refractivity contribution in [3.63, 3.8) is 0 Å². The van der Waals surface area contributed by atoms with Crippen molar-refractivity contribution >= 4 is 17.9 Å². The molecule has 0 fully saturated rings. The molecular weight excluding hydrogens is 404 g/mol. The third kappa shape index (κ3) is 17.6. The number of esters is 3. The molecule has 0 aliphatic carbocycles. The van der Waals surface area contributed by atoms with Gasteiger partial charge in [-0.2, -0.15) is 0 Å². The van der Waals surface area contributed by atoms with E-state index in [4.69, 9.17) is 14.2 Å². The molecule has 0 aliphatic rings. The van der Waals surface area contributed by atoms with Crippen LogP contribution in [0.1, 0.15) is 59.3 Å². The molecule has 1 N–H and O–H groups in total. The first-order chi connectivity index (χ1) is 15.0. The van der Waals surface area contributed by atoms with E-state index in [1.807, 2.05) is 30.6 Å². The molecule has 0 heterocycles. The van der Waals surface area contributed by atoms with Crippen LogP contribution in [-0.2, 0) is 28.6 Å². The van der Waals surface area contributed by atoms with Crippen LogP contribution in [0.3, 0.4) is 0 Å². The largest absolute Gasteiger partial charge is 0.466 e. The van der Waals surface area contributed by atoms with Crippen LogP contribution in [0.25, 0.3) is 0 Å². The number of carbonyl (C=O) groups excluding carboxylic acids is 3. The maximum atomic E-state index is 11.9. The predicted molar refractivity (Wildman–Crippen MR) is 118 cm³/mol. The minimum absolute atomic E-state index is 0.0172. The van der Waals surface area contributed by atoms with Gasteiger partial charge >= 0.3 is 17.9 Å². The average molecular weight is 447 g/mol. The monoisotopic (exact) mass is 446 g/mol. The molecule has 0 atom stereocenters. The average Bonchev–Trinajstić information content (AvgIpc) is 2.77. The Morgan fingerprint density at radius 1 is 0.581 bits per heavy atom. The number of ether oxygens (including phenoxy) is 3. The topological polar surface area (TPSA) is 106 Å². The maximum Gasteiger partial charge on any atom is 0.307 e. The molecule has 0 aromatic rings. The van der Waals surface area contributed by atoms with Crippen molar-refractivity contribution in [2.45, 2.75) is 59.3 Å². The van der Waals surface area contributed by atoms with E-state index in [0.29, 0.717) is 59.1 Å². The second-order valence-electron chi connectivity index (χ2n) is 7.32. The number of nitrogens with zero attached hydrogens (tertiary/aromatic N) is 2. The number of hydrogen-bond donors (Lipinski definition) is 1. The van der Waals surface area contributed by atoms with E-state index in [-0.39, 0.29) is 43.8 Å². The second kappa shape index (κ2) is 20.2. The lowest BCUT2D eigenvalue weighted by Gasteiger charge is -2.27. The normalized spacial score (nSPS) is 11.0. The Morgan fingerprint density at radius 2 is 0.903 bits per heavy atom. The summed E-state index contributed by atoms with van der Waals surface area (Å²) in [7, 11) is 0. The molecule has 31 heavy (non-hydrogen) atoms. The van der Waals surface area contributed by atoms with Gasteiger partial charge in [0.05, 0.1) is 45.7 Å². The molecule has 0 saturated heterocycles. The first kappa shape index (κ1) is 29.3. The SMILES string of the molecule is CCCOC(=O)CCN(CCO)CCN(CCC(=O)OCCC)CCC(=O)OCCC. The summed E-state index contributed by atoms with van der Waals surface area (Å²) in [4.78, 5) is 39.5. The van der Waals surface area contributed by atoms with E-state index in [1.54, 1.807) is 0 Å². The molecule has 0 saturated carbocycles. The van der Waals surface area contributed by atoms with Crippen LogP contribution in [0.4, 0.5) is 0 Å². The Kier molecular flexibility index (Phi) is 19.1. The maximum absolute atomic E-state index is 11.9. The van der Waals surface area contributed by atoms with Gasteiger partial charge in [0, 0.05) is 39.3 Å². The van der Waals surface area contributed by atoms with E-state index >= 15 is 0 Å². The van der Waals surface area contributed by atoms with E-state index < -0.39 is 0 Å². The van der Waals surface area contributed by atoms with Crippen LogP contribution in [0.15, 0.2) is 0 Å². The Morgan fingerprint density at radius 3 is 1.19 bits per heavy atom. The summed E-state index contributed by atoms with van der Waals surface area (Å²) in [6.07, 6.45) is 3.07. The fourth-order valence-corrected chi connectivity index (χ4v) is 2.71. The molecule has 182 valence electrons. The Labute approximate surface area is 187 Å². The highest BCUT2D eigenvalue weighted by Crippen LogP contribution is 2.02. The highest BCUT2D eigenvalue weighted by molar-refractivity contribution is 5.70. The molecule has 0 aromatic heterocycles. The van der Waals surface area contributed by atoms with Crippen molar-refractivity contribution in [3.05, 3.63) is 0 Å². The third-order valence-corrected chi connectivity index (χ3v) is 4.45. The van der Waals surface area contributed by atoms with Crippen molar-refractivity contribution in [1.29, 1.82) is 0 Å². The molecule has 0 aliphatic heterocycles. The summed E-state index contributed by atoms with van der Waals surface area (Å²) in [6.45, 7) is 10.1. The smallest absolute Gasteiger partial charge is 0.307 e. The summed E-state index contributed by atoms with van der Waals surface area (Å²) in [6, 6.07) is 0. The van der Waals surface area contributed by atoms with Gasteiger partial charge < -0.3 is 24.2 Å². The van der Waals surface area contributed by atoms with E-state index in [2.05, 4.69) is 0 Å². The molecule has 0 aromatic carbocycles. The minimum atomic E-state index is -0.258. The van der Waals surface area contributed by atoms with E-state index in [1.165, 1.54) is 0 Å². The first-order valence-electron chi connectivity index (χ1n) is 11.5. The van der Waals surface area contributed by atoms with Gasteiger partial charge in [0.25, 0.3) is 0 Å². The summed E-state index contributed by atoms with van der Waals surface area (Å²) in [5.74, 6) is -0.767. The van der Waals surface area contributed by atoms with Crippen LogP contribution in [-0.4, -0.2) is 98.5 Å². The predicted octanol–water partition coefficient (Wildman–Crippen LogP) is 1.61.